The summed E-state index contributed by atoms with van der Waals surface area (Å²) in [5.74, 6) is 0.849. The van der Waals surface area contributed by atoms with Crippen LogP contribution in [0.25, 0.3) is 21.3 Å². The van der Waals surface area contributed by atoms with Gasteiger partial charge in [0.1, 0.15) is 17.0 Å². The highest BCUT2D eigenvalue weighted by molar-refractivity contribution is 7.98. The van der Waals surface area contributed by atoms with Crippen LogP contribution < -0.4 is 5.32 Å². The second kappa shape index (κ2) is 7.21. The van der Waals surface area contributed by atoms with Crippen LogP contribution in [0.3, 0.4) is 0 Å². The number of nitrogens with one attached hydrogen (secondary N) is 1. The number of thiophene rings is 1. The topological polar surface area (TPSA) is 50.7 Å². The SMILES string of the molecule is CSc1cccc(-c2csc3ncnc(NCc4ccccn4)c23)c1. The zero-order chi connectivity index (χ0) is 17.1. The highest BCUT2D eigenvalue weighted by Crippen LogP contribution is 2.37. The van der Waals surface area contributed by atoms with Crippen LogP contribution in [-0.4, -0.2) is 21.2 Å². The summed E-state index contributed by atoms with van der Waals surface area (Å²) in [7, 11) is 0. The molecule has 4 aromatic rings. The Morgan fingerprint density at radius 3 is 2.88 bits per heavy atom. The fourth-order valence-electron chi connectivity index (χ4n) is 2.69. The van der Waals surface area contributed by atoms with Crippen LogP contribution >= 0.6 is 23.1 Å². The number of anilines is 1. The van der Waals surface area contributed by atoms with E-state index in [1.165, 1.54) is 16.0 Å². The maximum absolute atomic E-state index is 4.47. The van der Waals surface area contributed by atoms with Crippen molar-refractivity contribution in [2.24, 2.45) is 0 Å². The molecule has 6 heteroatoms. The van der Waals surface area contributed by atoms with Crippen molar-refractivity contribution in [1.29, 1.82) is 0 Å². The zero-order valence-electron chi connectivity index (χ0n) is 13.6. The molecular formula is C19H16N4S2. The molecule has 0 atom stereocenters. The second-order valence-electron chi connectivity index (χ2n) is 5.46. The highest BCUT2D eigenvalue weighted by Gasteiger charge is 2.13. The maximum atomic E-state index is 4.47. The molecule has 0 saturated carbocycles. The van der Waals surface area contributed by atoms with E-state index in [-0.39, 0.29) is 0 Å². The van der Waals surface area contributed by atoms with E-state index >= 15 is 0 Å². The minimum Gasteiger partial charge on any atom is -0.364 e. The largest absolute Gasteiger partial charge is 0.364 e. The molecule has 1 N–H and O–H groups in total. The van der Waals surface area contributed by atoms with E-state index in [9.17, 15) is 0 Å². The van der Waals surface area contributed by atoms with Crippen LogP contribution in [0.5, 0.6) is 0 Å². The molecule has 0 aliphatic carbocycles. The lowest BCUT2D eigenvalue weighted by atomic mass is 10.1. The van der Waals surface area contributed by atoms with Crippen LogP contribution in [-0.2, 0) is 6.54 Å². The minimum absolute atomic E-state index is 0.632. The number of hydrogen-bond acceptors (Lipinski definition) is 6. The van der Waals surface area contributed by atoms with Gasteiger partial charge >= 0.3 is 0 Å². The van der Waals surface area contributed by atoms with Gasteiger partial charge in [-0.3, -0.25) is 4.98 Å². The molecule has 0 radical (unpaired) electrons. The summed E-state index contributed by atoms with van der Waals surface area (Å²) in [5, 5.41) is 6.65. The summed E-state index contributed by atoms with van der Waals surface area (Å²) in [4.78, 5) is 15.5. The Morgan fingerprint density at radius 2 is 2.04 bits per heavy atom. The van der Waals surface area contributed by atoms with Gasteiger partial charge in [-0.25, -0.2) is 9.97 Å². The average Bonchev–Trinajstić information content (AvgIpc) is 3.12. The van der Waals surface area contributed by atoms with E-state index in [0.29, 0.717) is 6.54 Å². The van der Waals surface area contributed by atoms with E-state index < -0.39 is 0 Å². The van der Waals surface area contributed by atoms with Crippen LogP contribution in [0.4, 0.5) is 5.82 Å². The molecule has 0 bridgehead atoms. The zero-order valence-corrected chi connectivity index (χ0v) is 15.3. The normalized spacial score (nSPS) is 10.9. The molecule has 0 unspecified atom stereocenters. The van der Waals surface area contributed by atoms with E-state index in [4.69, 9.17) is 0 Å². The van der Waals surface area contributed by atoms with Gasteiger partial charge in [0, 0.05) is 22.0 Å². The van der Waals surface area contributed by atoms with Crippen molar-refractivity contribution in [2.45, 2.75) is 11.4 Å². The molecule has 124 valence electrons. The number of benzene rings is 1. The summed E-state index contributed by atoms with van der Waals surface area (Å²) in [5.41, 5.74) is 3.34. The summed E-state index contributed by atoms with van der Waals surface area (Å²) >= 11 is 3.39. The Labute approximate surface area is 154 Å². The molecule has 0 saturated heterocycles. The molecule has 0 amide bonds. The van der Waals surface area contributed by atoms with Crippen LogP contribution in [0, 0.1) is 0 Å². The van der Waals surface area contributed by atoms with E-state index in [0.717, 1.165) is 21.7 Å². The van der Waals surface area contributed by atoms with Gasteiger partial charge < -0.3 is 5.32 Å². The van der Waals surface area contributed by atoms with Crippen molar-refractivity contribution < 1.29 is 0 Å². The summed E-state index contributed by atoms with van der Waals surface area (Å²) in [6.07, 6.45) is 5.51. The first-order chi connectivity index (χ1) is 12.3. The maximum Gasteiger partial charge on any atom is 0.139 e. The first-order valence-electron chi connectivity index (χ1n) is 7.85. The third-order valence-corrected chi connectivity index (χ3v) is 5.53. The minimum atomic E-state index is 0.632. The predicted molar refractivity (Wildman–Crippen MR) is 106 cm³/mol. The molecule has 4 nitrogen and oxygen atoms in total. The van der Waals surface area contributed by atoms with Gasteiger partial charge in [0.05, 0.1) is 17.6 Å². The second-order valence-corrected chi connectivity index (χ2v) is 7.20. The van der Waals surface area contributed by atoms with Gasteiger partial charge in [0.15, 0.2) is 0 Å². The van der Waals surface area contributed by atoms with Crippen LogP contribution in [0.2, 0.25) is 0 Å². The molecule has 1 aromatic carbocycles. The number of thioether (sulfide) groups is 1. The lowest BCUT2D eigenvalue weighted by Crippen LogP contribution is -2.03. The number of hydrogen-bond donors (Lipinski definition) is 1. The molecule has 0 spiro atoms. The predicted octanol–water partition coefficient (Wildman–Crippen LogP) is 5.09. The Kier molecular flexibility index (Phi) is 4.63. The third-order valence-electron chi connectivity index (χ3n) is 3.91. The van der Waals surface area contributed by atoms with Crippen molar-refractivity contribution in [3.8, 4) is 11.1 Å². The monoisotopic (exact) mass is 364 g/mol. The number of fused-ring (bicyclic) bond motifs is 1. The molecule has 3 aromatic heterocycles. The summed E-state index contributed by atoms with van der Waals surface area (Å²) < 4.78 is 0. The van der Waals surface area contributed by atoms with E-state index in [1.54, 1.807) is 35.6 Å². The fraction of sp³-hybridized carbons (Fsp3) is 0.105. The van der Waals surface area contributed by atoms with Gasteiger partial charge in [-0.1, -0.05) is 18.2 Å². The Balaban J connectivity index is 1.74. The lowest BCUT2D eigenvalue weighted by Gasteiger charge is -2.08. The summed E-state index contributed by atoms with van der Waals surface area (Å²) in [6.45, 7) is 0.632. The quantitative estimate of drug-likeness (QED) is 0.500. The Bertz CT molecular complexity index is 999. The Hall–Kier alpha value is -2.44. The van der Waals surface area contributed by atoms with Gasteiger partial charge in [-0.15, -0.1) is 23.1 Å². The molecule has 0 aliphatic rings. The first kappa shape index (κ1) is 16.1. The number of pyridine rings is 1. The van der Waals surface area contributed by atoms with Gasteiger partial charge in [0.2, 0.25) is 0 Å². The molecular weight excluding hydrogens is 348 g/mol. The van der Waals surface area contributed by atoms with Crippen LogP contribution in [0.1, 0.15) is 5.69 Å². The van der Waals surface area contributed by atoms with Gasteiger partial charge in [-0.2, -0.15) is 0 Å². The number of aromatic nitrogens is 3. The van der Waals surface area contributed by atoms with Crippen molar-refractivity contribution in [1.82, 2.24) is 15.0 Å². The Morgan fingerprint density at radius 1 is 1.08 bits per heavy atom. The molecule has 0 fully saturated rings. The smallest absolute Gasteiger partial charge is 0.139 e. The van der Waals surface area contributed by atoms with Crippen molar-refractivity contribution in [3.05, 3.63) is 66.1 Å². The van der Waals surface area contributed by atoms with E-state index in [2.05, 4.69) is 56.2 Å². The number of rotatable bonds is 5. The van der Waals surface area contributed by atoms with Crippen molar-refractivity contribution in [3.63, 3.8) is 0 Å². The third kappa shape index (κ3) is 3.36. The molecule has 0 aliphatic heterocycles. The average molecular weight is 364 g/mol. The number of nitrogens with zero attached hydrogens (tertiary/aromatic N) is 3. The highest BCUT2D eigenvalue weighted by atomic mass is 32.2. The fourth-order valence-corrected chi connectivity index (χ4v) is 4.06. The first-order valence-corrected chi connectivity index (χ1v) is 9.96. The van der Waals surface area contributed by atoms with Crippen molar-refractivity contribution in [2.75, 3.05) is 11.6 Å². The lowest BCUT2D eigenvalue weighted by molar-refractivity contribution is 1.03. The molecule has 25 heavy (non-hydrogen) atoms. The standard InChI is InChI=1S/C19H16N4S2/c1-24-15-7-4-5-13(9-15)16-11-25-19-17(16)18(22-12-23-19)21-10-14-6-2-3-8-20-14/h2-9,11-12H,10H2,1H3,(H,21,22,23). The summed E-state index contributed by atoms with van der Waals surface area (Å²) in [6, 6.07) is 14.5. The van der Waals surface area contributed by atoms with Crippen LogP contribution in [0.15, 0.2) is 65.3 Å². The van der Waals surface area contributed by atoms with E-state index in [1.807, 2.05) is 18.2 Å². The molecule has 3 heterocycles. The van der Waals surface area contributed by atoms with Gasteiger partial charge in [-0.05, 0) is 36.1 Å². The van der Waals surface area contributed by atoms with Crippen molar-refractivity contribution >= 4 is 39.1 Å². The molecule has 4 rings (SSSR count). The van der Waals surface area contributed by atoms with Gasteiger partial charge in [0.25, 0.3) is 0 Å².